The minimum atomic E-state index is -0.877. The highest BCUT2D eigenvalue weighted by molar-refractivity contribution is 7.80. The van der Waals surface area contributed by atoms with Crippen LogP contribution in [0.1, 0.15) is 13.8 Å². The van der Waals surface area contributed by atoms with Crippen molar-refractivity contribution in [3.05, 3.63) is 29.3 Å². The lowest BCUT2D eigenvalue weighted by Crippen LogP contribution is -2.41. The van der Waals surface area contributed by atoms with Crippen molar-refractivity contribution < 1.29 is 4.79 Å². The maximum absolute atomic E-state index is 11.9. The van der Waals surface area contributed by atoms with Crippen LogP contribution in [0.15, 0.2) is 24.3 Å². The lowest BCUT2D eigenvalue weighted by molar-refractivity contribution is -0.121. The van der Waals surface area contributed by atoms with Gasteiger partial charge in [0, 0.05) is 10.7 Å². The van der Waals surface area contributed by atoms with Crippen molar-refractivity contribution in [1.82, 2.24) is 0 Å². The first-order valence-corrected chi connectivity index (χ1v) is 5.49. The molecule has 0 saturated carbocycles. The molecule has 0 fully saturated rings. The summed E-state index contributed by atoms with van der Waals surface area (Å²) in [4.78, 5) is 12.0. The third-order valence-electron chi connectivity index (χ3n) is 2.27. The Kier molecular flexibility index (Phi) is 3.88. The summed E-state index contributed by atoms with van der Waals surface area (Å²) < 4.78 is 0. The van der Waals surface area contributed by atoms with Crippen LogP contribution < -0.4 is 11.1 Å². The Morgan fingerprint density at radius 2 is 2.12 bits per heavy atom. The molecule has 0 aliphatic rings. The Morgan fingerprint density at radius 1 is 1.50 bits per heavy atom. The average Bonchev–Trinajstić information content (AvgIpc) is 2.17. The van der Waals surface area contributed by atoms with E-state index in [0.717, 1.165) is 0 Å². The number of rotatable bonds is 3. The van der Waals surface area contributed by atoms with Crippen LogP contribution in [-0.4, -0.2) is 10.9 Å². The van der Waals surface area contributed by atoms with Gasteiger partial charge in [-0.05, 0) is 32.0 Å². The molecule has 0 atom stereocenters. The van der Waals surface area contributed by atoms with Crippen LogP contribution in [0.25, 0.3) is 0 Å². The Balaban J connectivity index is 2.83. The monoisotopic (exact) mass is 256 g/mol. The van der Waals surface area contributed by atoms with E-state index < -0.39 is 5.41 Å². The molecule has 0 unspecified atom stereocenters. The summed E-state index contributed by atoms with van der Waals surface area (Å²) in [5.74, 6) is -0.248. The molecule has 0 radical (unpaired) electrons. The molecule has 3 nitrogen and oxygen atoms in total. The van der Waals surface area contributed by atoms with E-state index in [1.165, 1.54) is 0 Å². The fraction of sp³-hybridized carbons (Fsp3) is 0.273. The normalized spacial score (nSPS) is 10.9. The van der Waals surface area contributed by atoms with Gasteiger partial charge in [-0.2, -0.15) is 0 Å². The van der Waals surface area contributed by atoms with Crippen LogP contribution in [0.5, 0.6) is 0 Å². The van der Waals surface area contributed by atoms with Gasteiger partial charge in [0.05, 0.1) is 10.4 Å². The Bertz CT molecular complexity index is 432. The Labute approximate surface area is 105 Å². The zero-order chi connectivity index (χ0) is 12.3. The highest BCUT2D eigenvalue weighted by Crippen LogP contribution is 2.20. The van der Waals surface area contributed by atoms with Crippen molar-refractivity contribution in [2.24, 2.45) is 11.1 Å². The predicted molar refractivity (Wildman–Crippen MR) is 70.6 cm³/mol. The second kappa shape index (κ2) is 4.80. The molecule has 0 heterocycles. The van der Waals surface area contributed by atoms with Gasteiger partial charge in [0.15, 0.2) is 0 Å². The molecule has 1 aromatic carbocycles. The Morgan fingerprint density at radius 3 is 2.62 bits per heavy atom. The van der Waals surface area contributed by atoms with E-state index in [9.17, 15) is 4.79 Å². The van der Waals surface area contributed by atoms with E-state index >= 15 is 0 Å². The number of carbonyl (C=O) groups excluding carboxylic acids is 1. The molecule has 0 aliphatic carbocycles. The number of halogens is 1. The van der Waals surface area contributed by atoms with Gasteiger partial charge in [0.25, 0.3) is 0 Å². The summed E-state index contributed by atoms with van der Waals surface area (Å²) in [6.07, 6.45) is 0. The SMILES string of the molecule is CC(C)(C(=O)Nc1cccc(Cl)c1)C(N)=S. The molecule has 0 bridgehead atoms. The summed E-state index contributed by atoms with van der Waals surface area (Å²) >= 11 is 10.6. The van der Waals surface area contributed by atoms with Crippen molar-refractivity contribution in [2.75, 3.05) is 5.32 Å². The van der Waals surface area contributed by atoms with Crippen molar-refractivity contribution >= 4 is 40.4 Å². The van der Waals surface area contributed by atoms with Crippen molar-refractivity contribution in [1.29, 1.82) is 0 Å². The predicted octanol–water partition coefficient (Wildman–Crippen LogP) is 2.59. The summed E-state index contributed by atoms with van der Waals surface area (Å²) in [6, 6.07) is 6.90. The molecule has 1 aromatic rings. The first-order chi connectivity index (χ1) is 7.34. The maximum atomic E-state index is 11.9. The first kappa shape index (κ1) is 12.9. The summed E-state index contributed by atoms with van der Waals surface area (Å²) in [6.45, 7) is 3.35. The van der Waals surface area contributed by atoms with E-state index in [-0.39, 0.29) is 10.9 Å². The van der Waals surface area contributed by atoms with Crippen molar-refractivity contribution in [3.8, 4) is 0 Å². The molecule has 0 aromatic heterocycles. The second-order valence-electron chi connectivity index (χ2n) is 3.95. The molecule has 0 aliphatic heterocycles. The highest BCUT2D eigenvalue weighted by atomic mass is 35.5. The van der Waals surface area contributed by atoms with E-state index in [1.54, 1.807) is 38.1 Å². The van der Waals surface area contributed by atoms with Crippen LogP contribution in [-0.2, 0) is 4.79 Å². The van der Waals surface area contributed by atoms with Gasteiger partial charge >= 0.3 is 0 Å². The first-order valence-electron chi connectivity index (χ1n) is 4.71. The minimum absolute atomic E-state index is 0.159. The van der Waals surface area contributed by atoms with Gasteiger partial charge in [-0.3, -0.25) is 4.79 Å². The van der Waals surface area contributed by atoms with E-state index in [4.69, 9.17) is 29.6 Å². The van der Waals surface area contributed by atoms with Crippen LogP contribution in [0.2, 0.25) is 5.02 Å². The number of thiocarbonyl (C=S) groups is 1. The molecular weight excluding hydrogens is 244 g/mol. The molecule has 5 heteroatoms. The zero-order valence-electron chi connectivity index (χ0n) is 9.08. The number of anilines is 1. The van der Waals surface area contributed by atoms with Gasteiger partial charge in [-0.1, -0.05) is 29.9 Å². The number of amides is 1. The summed E-state index contributed by atoms with van der Waals surface area (Å²) in [5, 5.41) is 3.27. The smallest absolute Gasteiger partial charge is 0.236 e. The molecule has 0 spiro atoms. The molecule has 1 amide bonds. The molecule has 16 heavy (non-hydrogen) atoms. The van der Waals surface area contributed by atoms with Crippen LogP contribution in [0.4, 0.5) is 5.69 Å². The van der Waals surface area contributed by atoms with Crippen LogP contribution in [0.3, 0.4) is 0 Å². The van der Waals surface area contributed by atoms with Gasteiger partial charge in [0.1, 0.15) is 0 Å². The van der Waals surface area contributed by atoms with Crippen molar-refractivity contribution in [2.45, 2.75) is 13.8 Å². The maximum Gasteiger partial charge on any atom is 0.236 e. The fourth-order valence-electron chi connectivity index (χ4n) is 0.965. The molecule has 1 rings (SSSR count). The van der Waals surface area contributed by atoms with Crippen LogP contribution in [0, 0.1) is 5.41 Å². The van der Waals surface area contributed by atoms with E-state index in [0.29, 0.717) is 10.7 Å². The standard InChI is InChI=1S/C11H13ClN2OS/c1-11(2,9(13)16)10(15)14-8-5-3-4-7(12)6-8/h3-6H,1-2H3,(H2,13,16)(H,14,15). The lowest BCUT2D eigenvalue weighted by atomic mass is 9.92. The average molecular weight is 257 g/mol. The number of nitrogens with one attached hydrogen (secondary N) is 1. The number of hydrogen-bond acceptors (Lipinski definition) is 2. The van der Waals surface area contributed by atoms with Crippen molar-refractivity contribution in [3.63, 3.8) is 0 Å². The van der Waals surface area contributed by atoms with Gasteiger partial charge in [0.2, 0.25) is 5.91 Å². The van der Waals surface area contributed by atoms with E-state index in [2.05, 4.69) is 5.32 Å². The largest absolute Gasteiger partial charge is 0.392 e. The number of nitrogens with two attached hydrogens (primary N) is 1. The van der Waals surface area contributed by atoms with Gasteiger partial charge in [-0.15, -0.1) is 0 Å². The van der Waals surface area contributed by atoms with Gasteiger partial charge in [-0.25, -0.2) is 0 Å². The topological polar surface area (TPSA) is 55.1 Å². The number of carbonyl (C=O) groups is 1. The molecule has 86 valence electrons. The zero-order valence-corrected chi connectivity index (χ0v) is 10.7. The number of benzene rings is 1. The van der Waals surface area contributed by atoms with E-state index in [1.807, 2.05) is 0 Å². The fourth-order valence-corrected chi connectivity index (χ4v) is 1.25. The van der Waals surface area contributed by atoms with Crippen LogP contribution >= 0.6 is 23.8 Å². The Hall–Kier alpha value is -1.13. The molecule has 3 N–H and O–H groups in total. The minimum Gasteiger partial charge on any atom is -0.392 e. The second-order valence-corrected chi connectivity index (χ2v) is 4.83. The quantitative estimate of drug-likeness (QED) is 0.818. The number of hydrogen-bond donors (Lipinski definition) is 2. The third-order valence-corrected chi connectivity index (χ3v) is 3.01. The lowest BCUT2D eigenvalue weighted by Gasteiger charge is -2.21. The third kappa shape index (κ3) is 2.93. The molecular formula is C11H13ClN2OS. The summed E-state index contributed by atoms with van der Waals surface area (Å²) in [5.41, 5.74) is 5.25. The summed E-state index contributed by atoms with van der Waals surface area (Å²) in [7, 11) is 0. The molecule has 0 saturated heterocycles. The highest BCUT2D eigenvalue weighted by Gasteiger charge is 2.30. The van der Waals surface area contributed by atoms with Gasteiger partial charge < -0.3 is 11.1 Å².